The molecule has 0 saturated carbocycles. The number of ether oxygens (including phenoxy) is 1. The van der Waals surface area contributed by atoms with E-state index in [1.807, 2.05) is 12.3 Å². The normalized spacial score (nSPS) is 13.7. The minimum absolute atomic E-state index is 0. The van der Waals surface area contributed by atoms with E-state index in [1.165, 1.54) is 33.5 Å². The molecule has 1 aliphatic heterocycles. The Morgan fingerprint density at radius 3 is 1.61 bits per heavy atom. The van der Waals surface area contributed by atoms with Gasteiger partial charge in [0.15, 0.2) is 0 Å². The van der Waals surface area contributed by atoms with Gasteiger partial charge in [0.2, 0.25) is 0 Å². The molecule has 10 rings (SSSR count). The number of hydrogen-bond acceptors (Lipinski definition) is 4. The van der Waals surface area contributed by atoms with Gasteiger partial charge in [0, 0.05) is 72.2 Å². The molecule has 0 N–H and O–H groups in total. The Labute approximate surface area is 455 Å². The summed E-state index contributed by atoms with van der Waals surface area (Å²) in [6.07, 6.45) is 1.93. The van der Waals surface area contributed by atoms with Crippen molar-refractivity contribution in [2.75, 3.05) is 9.80 Å². The van der Waals surface area contributed by atoms with Crippen LogP contribution in [0.5, 0.6) is 11.5 Å². The molecule has 9 aromatic rings. The van der Waals surface area contributed by atoms with E-state index >= 15 is 0 Å². The van der Waals surface area contributed by atoms with E-state index in [9.17, 15) is 0 Å². The molecule has 0 unspecified atom stereocenters. The molecule has 3 heterocycles. The average Bonchev–Trinajstić information content (AvgIpc) is 3.94. The molecular weight excluding hydrogens is 1080 g/mol. The maximum absolute atomic E-state index is 7.11. The number of hydrogen-bond donors (Lipinski definition) is 0. The number of rotatable bonds is 10. The summed E-state index contributed by atoms with van der Waals surface area (Å²) in [5.41, 5.74) is 13.5. The van der Waals surface area contributed by atoms with E-state index < -0.39 is 10.8 Å². The van der Waals surface area contributed by atoms with Crippen LogP contribution < -0.4 is 14.5 Å². The molecule has 0 aliphatic carbocycles. The van der Waals surface area contributed by atoms with Crippen LogP contribution in [0.4, 0.5) is 11.4 Å². The van der Waals surface area contributed by atoms with Gasteiger partial charge in [0.05, 0.1) is 0 Å². The van der Waals surface area contributed by atoms with E-state index in [4.69, 9.17) is 9.72 Å². The minimum atomic E-state index is -0.495. The van der Waals surface area contributed by atoms with Crippen LogP contribution in [-0.4, -0.2) is 9.55 Å². The molecule has 5 nitrogen and oxygen atoms in total. The van der Waals surface area contributed by atoms with Gasteiger partial charge in [0.25, 0.3) is 0 Å². The topological polar surface area (TPSA) is 33.5 Å². The molecule has 0 radical (unpaired) electrons. The molecule has 7 aromatic carbocycles. The second kappa shape index (κ2) is 19.5. The molecule has 0 atom stereocenters. The van der Waals surface area contributed by atoms with Gasteiger partial charge in [0.1, 0.15) is 5.82 Å². The van der Waals surface area contributed by atoms with Crippen molar-refractivity contribution in [3.05, 3.63) is 234 Å². The smallest absolute Gasteiger partial charge is 0.135 e. The van der Waals surface area contributed by atoms with Gasteiger partial charge in [-0.25, -0.2) is 4.98 Å². The zero-order chi connectivity index (χ0) is 51.7. The summed E-state index contributed by atoms with van der Waals surface area (Å²) in [6, 6.07) is 68.8. The van der Waals surface area contributed by atoms with Crippen molar-refractivity contribution in [3.8, 4) is 28.4 Å². The molecule has 6 heteroatoms. The Balaban J connectivity index is 0.00000672. The number of allylic oxidation sites excluding steroid dienone is 2. The third kappa shape index (κ3) is 9.89. The number of aromatic nitrogens is 2. The first-order valence-corrected chi connectivity index (χ1v) is 25.8. The molecule has 2 aromatic heterocycles. The summed E-state index contributed by atoms with van der Waals surface area (Å²) in [5, 5.41) is 2.25. The van der Waals surface area contributed by atoms with E-state index in [1.54, 1.807) is 0 Å². The first-order chi connectivity index (χ1) is 34.6. The van der Waals surface area contributed by atoms with Crippen molar-refractivity contribution in [2.45, 2.75) is 117 Å². The Morgan fingerprint density at radius 1 is 0.446 bits per heavy atom. The quantitative estimate of drug-likeness (QED) is 0.128. The van der Waals surface area contributed by atoms with Gasteiger partial charge in [-0.05, 0) is 85.3 Å². The fraction of sp³-hybridized carbons (Fsp3) is 0.265. The number of fused-ring (bicyclic) bond motifs is 3. The minimum Gasteiger partial charge on any atom is -0.509 e. The summed E-state index contributed by atoms with van der Waals surface area (Å²) in [4.78, 5) is 9.80. The van der Waals surface area contributed by atoms with E-state index in [0.29, 0.717) is 11.5 Å². The summed E-state index contributed by atoms with van der Waals surface area (Å²) >= 11 is 0. The largest absolute Gasteiger partial charge is 0.509 e. The van der Waals surface area contributed by atoms with Crippen LogP contribution in [0.3, 0.4) is 0 Å². The molecule has 1 aliphatic rings. The van der Waals surface area contributed by atoms with Crippen molar-refractivity contribution in [1.29, 1.82) is 0 Å². The molecule has 0 spiro atoms. The Bertz CT molecular complexity index is 3510. The number of anilines is 2. The van der Waals surface area contributed by atoms with Crippen LogP contribution in [0.25, 0.3) is 38.8 Å². The number of nitrogens with zero attached hydrogens (tertiary/aromatic N) is 4. The summed E-state index contributed by atoms with van der Waals surface area (Å²) < 4.78 is 9.36. The maximum Gasteiger partial charge on any atom is 0.135 e. The van der Waals surface area contributed by atoms with Crippen molar-refractivity contribution < 1.29 is 25.8 Å². The van der Waals surface area contributed by atoms with Gasteiger partial charge in [-0.3, -0.25) is 0 Å². The standard InChI is InChI=1S/C68H69N4O.Pt/c1-64(2,3)50-30-23-31-53(40-50)70-45-71(63(68(12,13)49-28-21-16-22-29-49)62(70)67(10,11)48-26-19-15-20-27-48)54-38-47(46-24-17-14-18-25-46)39-56(43-54)73-55-33-34-57-58-41-51(65(4,5)6)32-35-59(58)72(60(57)44-55)61-42-52(36-37-69-61)66(7,8)9;/h14-42,45H,1-13H3;/q-3;. The molecule has 0 amide bonds. The third-order valence-corrected chi connectivity index (χ3v) is 14.9. The van der Waals surface area contributed by atoms with Gasteiger partial charge in [-0.2, -0.15) is 6.07 Å². The second-order valence-electron chi connectivity index (χ2n) is 24.0. The van der Waals surface area contributed by atoms with Gasteiger partial charge in [-0.15, -0.1) is 53.6 Å². The first-order valence-electron chi connectivity index (χ1n) is 25.8. The zero-order valence-corrected chi connectivity index (χ0v) is 47.6. The molecule has 0 saturated heterocycles. The monoisotopic (exact) mass is 1150 g/mol. The Morgan fingerprint density at radius 2 is 1.00 bits per heavy atom. The first kappa shape index (κ1) is 52.2. The van der Waals surface area contributed by atoms with Crippen LogP contribution >= 0.6 is 0 Å². The van der Waals surface area contributed by atoms with E-state index in [0.717, 1.165) is 55.8 Å². The van der Waals surface area contributed by atoms with Crippen molar-refractivity contribution in [2.24, 2.45) is 0 Å². The summed E-state index contributed by atoms with van der Waals surface area (Å²) in [5.74, 6) is 2.02. The summed E-state index contributed by atoms with van der Waals surface area (Å²) in [7, 11) is 0. The van der Waals surface area contributed by atoms with Gasteiger partial charge >= 0.3 is 0 Å². The SMILES string of the molecule is CC(C)(C)c1cccc(N2[CH-]N(c3[c-]c(Oc4[c-]c5c(cc4)c4cc(C(C)(C)C)ccc4n5-c4cc(C(C)(C)C)ccn4)cc(-c4ccccc4)c3)C(C(C)(C)c3ccccc3)=C2C(C)(C)c2ccccc2)c1.[Pt]. The van der Waals surface area contributed by atoms with Crippen LogP contribution in [0.2, 0.25) is 0 Å². The van der Waals surface area contributed by atoms with Crippen LogP contribution in [0.1, 0.15) is 118 Å². The van der Waals surface area contributed by atoms with Crippen molar-refractivity contribution in [3.63, 3.8) is 0 Å². The predicted molar refractivity (Wildman–Crippen MR) is 306 cm³/mol. The van der Waals surface area contributed by atoms with Crippen LogP contribution in [-0.2, 0) is 48.1 Å². The van der Waals surface area contributed by atoms with E-state index in [-0.39, 0.29) is 37.3 Å². The fourth-order valence-electron chi connectivity index (χ4n) is 10.5. The predicted octanol–water partition coefficient (Wildman–Crippen LogP) is 17.7. The molecule has 380 valence electrons. The third-order valence-electron chi connectivity index (χ3n) is 14.9. The van der Waals surface area contributed by atoms with Crippen molar-refractivity contribution >= 4 is 33.2 Å². The fourth-order valence-corrected chi connectivity index (χ4v) is 10.5. The van der Waals surface area contributed by atoms with Gasteiger partial charge < -0.3 is 19.1 Å². The van der Waals surface area contributed by atoms with Crippen LogP contribution in [0, 0.1) is 18.8 Å². The maximum atomic E-state index is 7.11. The number of pyridine rings is 1. The second-order valence-corrected chi connectivity index (χ2v) is 24.0. The van der Waals surface area contributed by atoms with E-state index in [2.05, 4.69) is 287 Å². The van der Waals surface area contributed by atoms with Crippen molar-refractivity contribution in [1.82, 2.24) is 9.55 Å². The molecular formula is C68H69N4OPt-3. The molecule has 0 bridgehead atoms. The number of benzene rings is 7. The zero-order valence-electron chi connectivity index (χ0n) is 45.3. The molecule has 0 fully saturated rings. The Hall–Kier alpha value is -6.68. The average molecular weight is 1150 g/mol. The molecule has 74 heavy (non-hydrogen) atoms. The van der Waals surface area contributed by atoms with Gasteiger partial charge in [-0.1, -0.05) is 211 Å². The summed E-state index contributed by atoms with van der Waals surface area (Å²) in [6.45, 7) is 32.1. The Kier molecular flexibility index (Phi) is 13.8. The van der Waals surface area contributed by atoms with Crippen LogP contribution in [0.15, 0.2) is 187 Å².